The lowest BCUT2D eigenvalue weighted by Gasteiger charge is -2.39. The minimum Gasteiger partial charge on any atom is -0.489 e. The lowest BCUT2D eigenvalue weighted by Crippen LogP contribution is -2.57. The Morgan fingerprint density at radius 3 is 2.68 bits per heavy atom. The molecule has 0 aromatic heterocycles. The Balaban J connectivity index is 1.94. The molecular formula is C18H29N3O3S. The number of para-hydroxylation sites is 1. The Morgan fingerprint density at radius 2 is 2.08 bits per heavy atom. The lowest BCUT2D eigenvalue weighted by molar-refractivity contribution is 0.220. The van der Waals surface area contributed by atoms with Gasteiger partial charge in [-0.3, -0.25) is 4.99 Å². The Hall–Kier alpha value is -1.76. The summed E-state index contributed by atoms with van der Waals surface area (Å²) in [6.07, 6.45) is -0.0422. The molecular weight excluding hydrogens is 338 g/mol. The topological polar surface area (TPSA) is 71.0 Å². The van der Waals surface area contributed by atoms with Crippen molar-refractivity contribution in [3.63, 3.8) is 0 Å². The molecule has 0 aliphatic carbocycles. The largest absolute Gasteiger partial charge is 0.489 e. The molecule has 1 N–H and O–H groups in total. The second kappa shape index (κ2) is 7.64. The summed E-state index contributed by atoms with van der Waals surface area (Å²) in [6.45, 7) is 9.03. The highest BCUT2D eigenvalue weighted by Gasteiger charge is 2.40. The number of hydrogen-bond acceptors (Lipinski definition) is 4. The maximum absolute atomic E-state index is 12.2. The van der Waals surface area contributed by atoms with Gasteiger partial charge in [-0.15, -0.1) is 0 Å². The van der Waals surface area contributed by atoms with Gasteiger partial charge in [0.2, 0.25) is 0 Å². The van der Waals surface area contributed by atoms with Gasteiger partial charge in [-0.1, -0.05) is 18.2 Å². The molecule has 1 heterocycles. The maximum Gasteiger partial charge on any atom is 0.193 e. The lowest BCUT2D eigenvalue weighted by atomic mass is 10.2. The first-order valence-corrected chi connectivity index (χ1v) is 10.2. The minimum atomic E-state index is -3.06. The first-order valence-electron chi connectivity index (χ1n) is 8.56. The van der Waals surface area contributed by atoms with E-state index in [0.717, 1.165) is 11.3 Å². The van der Waals surface area contributed by atoms with E-state index >= 15 is 0 Å². The van der Waals surface area contributed by atoms with Crippen LogP contribution in [0.5, 0.6) is 5.75 Å². The number of ether oxygens (including phenoxy) is 1. The smallest absolute Gasteiger partial charge is 0.193 e. The van der Waals surface area contributed by atoms with E-state index in [4.69, 9.17) is 4.74 Å². The molecule has 1 saturated heterocycles. The second-order valence-corrected chi connectivity index (χ2v) is 9.87. The number of hydrogen-bond donors (Lipinski definition) is 1. The van der Waals surface area contributed by atoms with Crippen LogP contribution in [0.15, 0.2) is 29.3 Å². The van der Waals surface area contributed by atoms with Crippen LogP contribution in [-0.4, -0.2) is 62.6 Å². The van der Waals surface area contributed by atoms with E-state index < -0.39 is 14.6 Å². The number of aliphatic imine (C=N–C) groups is 1. The van der Waals surface area contributed by atoms with Gasteiger partial charge < -0.3 is 15.0 Å². The normalized spacial score (nSPS) is 20.8. The maximum atomic E-state index is 12.2. The van der Waals surface area contributed by atoms with Crippen LogP contribution < -0.4 is 10.1 Å². The fourth-order valence-corrected chi connectivity index (χ4v) is 4.20. The summed E-state index contributed by atoms with van der Waals surface area (Å²) >= 11 is 0. The summed E-state index contributed by atoms with van der Waals surface area (Å²) < 4.78 is 29.5. The van der Waals surface area contributed by atoms with Crippen molar-refractivity contribution in [3.05, 3.63) is 29.8 Å². The molecule has 2 rings (SSSR count). The molecule has 1 unspecified atom stereocenters. The summed E-state index contributed by atoms with van der Waals surface area (Å²) in [4.78, 5) is 6.30. The van der Waals surface area contributed by atoms with Crippen molar-refractivity contribution in [2.45, 2.75) is 38.5 Å². The number of aryl methyl sites for hydroxylation is 1. The van der Waals surface area contributed by atoms with E-state index in [2.05, 4.69) is 10.3 Å². The third-order valence-corrected chi connectivity index (χ3v) is 7.06. The zero-order valence-electron chi connectivity index (χ0n) is 15.7. The highest BCUT2D eigenvalue weighted by Crippen LogP contribution is 2.23. The molecule has 1 aromatic carbocycles. The van der Waals surface area contributed by atoms with Gasteiger partial charge in [-0.25, -0.2) is 8.42 Å². The predicted molar refractivity (Wildman–Crippen MR) is 102 cm³/mol. The number of rotatable bonds is 4. The number of nitrogens with zero attached hydrogens (tertiary/aromatic N) is 2. The van der Waals surface area contributed by atoms with E-state index in [9.17, 15) is 8.42 Å². The van der Waals surface area contributed by atoms with E-state index in [1.54, 1.807) is 20.9 Å². The summed E-state index contributed by atoms with van der Waals surface area (Å²) in [7, 11) is -1.35. The van der Waals surface area contributed by atoms with Gasteiger partial charge in [0.05, 0.1) is 17.0 Å². The molecule has 0 radical (unpaired) electrons. The third-order valence-electron chi connectivity index (χ3n) is 4.52. The molecule has 0 bridgehead atoms. The molecule has 7 heteroatoms. The zero-order chi connectivity index (χ0) is 18.7. The van der Waals surface area contributed by atoms with Gasteiger partial charge in [0.25, 0.3) is 0 Å². The number of sulfone groups is 1. The summed E-state index contributed by atoms with van der Waals surface area (Å²) in [5.74, 6) is 1.73. The fraction of sp³-hybridized carbons (Fsp3) is 0.611. The Morgan fingerprint density at radius 1 is 1.40 bits per heavy atom. The molecule has 0 saturated carbocycles. The van der Waals surface area contributed by atoms with Gasteiger partial charge in [0.1, 0.15) is 11.9 Å². The van der Waals surface area contributed by atoms with Crippen molar-refractivity contribution in [2.75, 3.05) is 32.4 Å². The van der Waals surface area contributed by atoms with Crippen LogP contribution in [0.25, 0.3) is 0 Å². The van der Waals surface area contributed by atoms with E-state index in [1.165, 1.54) is 0 Å². The summed E-state index contributed by atoms with van der Waals surface area (Å²) in [5, 5.41) is 3.30. The van der Waals surface area contributed by atoms with Gasteiger partial charge in [0, 0.05) is 20.1 Å². The Kier molecular flexibility index (Phi) is 5.98. The quantitative estimate of drug-likeness (QED) is 0.650. The predicted octanol–water partition coefficient (Wildman–Crippen LogP) is 1.85. The van der Waals surface area contributed by atoms with Crippen molar-refractivity contribution >= 4 is 15.8 Å². The molecule has 0 amide bonds. The van der Waals surface area contributed by atoms with E-state index in [0.29, 0.717) is 25.6 Å². The minimum absolute atomic E-state index is 0.0422. The molecule has 0 spiro atoms. The second-order valence-electron chi connectivity index (χ2n) is 7.12. The first-order chi connectivity index (χ1) is 11.7. The fourth-order valence-electron chi connectivity index (χ4n) is 2.84. The highest BCUT2D eigenvalue weighted by atomic mass is 32.2. The summed E-state index contributed by atoms with van der Waals surface area (Å²) in [5.41, 5.74) is 1.10. The van der Waals surface area contributed by atoms with Crippen LogP contribution in [0.2, 0.25) is 0 Å². The average Bonchev–Trinajstić information content (AvgIpc) is 2.53. The van der Waals surface area contributed by atoms with Gasteiger partial charge in [-0.2, -0.15) is 0 Å². The number of guanidine groups is 1. The SMILES string of the molecule is CN=C(NCC(C)Oc1ccccc1C)N1CCS(=O)(=O)C(C)(C)C1. The van der Waals surface area contributed by atoms with Crippen molar-refractivity contribution in [2.24, 2.45) is 4.99 Å². The molecule has 25 heavy (non-hydrogen) atoms. The molecule has 1 fully saturated rings. The molecule has 140 valence electrons. The molecule has 1 atom stereocenters. The third kappa shape index (κ3) is 4.66. The van der Waals surface area contributed by atoms with Crippen molar-refractivity contribution in [1.29, 1.82) is 0 Å². The molecule has 1 aromatic rings. The van der Waals surface area contributed by atoms with Crippen LogP contribution in [0.4, 0.5) is 0 Å². The van der Waals surface area contributed by atoms with Gasteiger partial charge >= 0.3 is 0 Å². The monoisotopic (exact) mass is 367 g/mol. The van der Waals surface area contributed by atoms with Crippen molar-refractivity contribution in [1.82, 2.24) is 10.2 Å². The average molecular weight is 368 g/mol. The van der Waals surface area contributed by atoms with Crippen LogP contribution in [-0.2, 0) is 9.84 Å². The van der Waals surface area contributed by atoms with Crippen LogP contribution >= 0.6 is 0 Å². The molecule has 6 nitrogen and oxygen atoms in total. The van der Waals surface area contributed by atoms with E-state index in [-0.39, 0.29) is 11.9 Å². The Bertz CT molecular complexity index is 729. The van der Waals surface area contributed by atoms with Gasteiger partial charge in [-0.05, 0) is 39.3 Å². The zero-order valence-corrected chi connectivity index (χ0v) is 16.6. The van der Waals surface area contributed by atoms with Crippen LogP contribution in [0.3, 0.4) is 0 Å². The van der Waals surface area contributed by atoms with Crippen molar-refractivity contribution < 1.29 is 13.2 Å². The number of benzene rings is 1. The van der Waals surface area contributed by atoms with Crippen molar-refractivity contribution in [3.8, 4) is 5.75 Å². The number of nitrogens with one attached hydrogen (secondary N) is 1. The van der Waals surface area contributed by atoms with Crippen LogP contribution in [0.1, 0.15) is 26.3 Å². The first kappa shape index (κ1) is 19.6. The van der Waals surface area contributed by atoms with Crippen LogP contribution in [0, 0.1) is 6.92 Å². The highest BCUT2D eigenvalue weighted by molar-refractivity contribution is 7.92. The summed E-state index contributed by atoms with van der Waals surface area (Å²) in [6, 6.07) is 7.92. The van der Waals surface area contributed by atoms with E-state index in [1.807, 2.05) is 43.0 Å². The molecule has 1 aliphatic rings. The standard InChI is InChI=1S/C18H29N3O3S/c1-14-8-6-7-9-16(14)24-15(2)12-20-17(19-5)21-10-11-25(22,23)18(3,4)13-21/h6-9,15H,10-13H2,1-5H3,(H,19,20). The molecule has 1 aliphatic heterocycles. The van der Waals surface area contributed by atoms with Gasteiger partial charge in [0.15, 0.2) is 15.8 Å². The Labute approximate surface area is 151 Å².